The molecule has 1 aliphatic rings. The van der Waals surface area contributed by atoms with Crippen molar-refractivity contribution in [2.45, 2.75) is 44.2 Å². The molecular formula is C13H17FINO. The summed E-state index contributed by atoms with van der Waals surface area (Å²) < 4.78 is 13.8. The molecule has 0 heterocycles. The third-order valence-electron chi connectivity index (χ3n) is 3.25. The van der Waals surface area contributed by atoms with Crippen LogP contribution in [0.15, 0.2) is 18.2 Å². The van der Waals surface area contributed by atoms with Gasteiger partial charge in [-0.15, -0.1) is 0 Å². The topological polar surface area (TPSA) is 32.3 Å². The van der Waals surface area contributed by atoms with E-state index in [1.807, 2.05) is 0 Å². The van der Waals surface area contributed by atoms with Gasteiger partial charge in [-0.05, 0) is 53.6 Å². The van der Waals surface area contributed by atoms with Gasteiger partial charge in [0, 0.05) is 9.26 Å². The molecule has 0 radical (unpaired) electrons. The second kappa shape index (κ2) is 6.00. The number of hydrogen-bond donors (Lipinski definition) is 2. The maximum Gasteiger partial charge on any atom is 0.124 e. The lowest BCUT2D eigenvalue weighted by atomic mass is 10.1. The minimum atomic E-state index is -0.293. The van der Waals surface area contributed by atoms with Crippen LogP contribution in [0.25, 0.3) is 0 Å². The van der Waals surface area contributed by atoms with Gasteiger partial charge in [-0.1, -0.05) is 19.3 Å². The maximum atomic E-state index is 13.0. The fraction of sp³-hybridized carbons (Fsp3) is 0.538. The largest absolute Gasteiger partial charge is 0.391 e. The quantitative estimate of drug-likeness (QED) is 0.632. The molecular weight excluding hydrogens is 332 g/mol. The van der Waals surface area contributed by atoms with Gasteiger partial charge in [-0.2, -0.15) is 0 Å². The molecule has 4 heteroatoms. The van der Waals surface area contributed by atoms with Crippen molar-refractivity contribution >= 4 is 28.3 Å². The predicted octanol–water partition coefficient (Wildman–Crippen LogP) is 3.54. The van der Waals surface area contributed by atoms with Crippen LogP contribution >= 0.6 is 22.6 Å². The Hall–Kier alpha value is -0.360. The minimum absolute atomic E-state index is 0.0940. The molecule has 2 N–H and O–H groups in total. The highest BCUT2D eigenvalue weighted by Gasteiger charge is 2.21. The molecule has 0 aromatic heterocycles. The zero-order valence-corrected chi connectivity index (χ0v) is 11.8. The van der Waals surface area contributed by atoms with E-state index in [1.54, 1.807) is 6.07 Å². The number of benzene rings is 1. The Morgan fingerprint density at radius 3 is 2.76 bits per heavy atom. The molecule has 2 atom stereocenters. The number of aliphatic hydroxyl groups excluding tert-OH is 1. The number of rotatable bonds is 2. The first-order valence-corrected chi connectivity index (χ1v) is 7.14. The van der Waals surface area contributed by atoms with Crippen molar-refractivity contribution in [2.24, 2.45) is 0 Å². The molecule has 0 amide bonds. The van der Waals surface area contributed by atoms with Gasteiger partial charge in [0.15, 0.2) is 0 Å². The standard InChI is InChI=1S/C13H17FINO/c14-9-6-7-11(10(15)8-9)16-12-4-2-1-3-5-13(12)17/h6-8,12-13,16-17H,1-5H2. The summed E-state index contributed by atoms with van der Waals surface area (Å²) in [6, 6.07) is 4.80. The lowest BCUT2D eigenvalue weighted by Crippen LogP contribution is -2.32. The number of halogens is 2. The molecule has 2 rings (SSSR count). The van der Waals surface area contributed by atoms with Gasteiger partial charge in [-0.25, -0.2) is 4.39 Å². The van der Waals surface area contributed by atoms with Crippen LogP contribution in [-0.4, -0.2) is 17.3 Å². The first kappa shape index (κ1) is 13.1. The molecule has 2 unspecified atom stereocenters. The lowest BCUT2D eigenvalue weighted by Gasteiger charge is -2.23. The molecule has 94 valence electrons. The van der Waals surface area contributed by atoms with Crippen molar-refractivity contribution in [2.75, 3.05) is 5.32 Å². The maximum absolute atomic E-state index is 13.0. The zero-order valence-electron chi connectivity index (χ0n) is 9.63. The fourth-order valence-corrected chi connectivity index (χ4v) is 2.90. The minimum Gasteiger partial charge on any atom is -0.391 e. The van der Waals surface area contributed by atoms with E-state index >= 15 is 0 Å². The van der Waals surface area contributed by atoms with Gasteiger partial charge in [0.2, 0.25) is 0 Å². The number of aliphatic hydroxyl groups is 1. The summed E-state index contributed by atoms with van der Waals surface area (Å²) in [5.74, 6) is -0.221. The lowest BCUT2D eigenvalue weighted by molar-refractivity contribution is 0.144. The third-order valence-corrected chi connectivity index (χ3v) is 4.14. The van der Waals surface area contributed by atoms with Crippen molar-refractivity contribution in [3.8, 4) is 0 Å². The van der Waals surface area contributed by atoms with Crippen LogP contribution in [0.4, 0.5) is 10.1 Å². The average Bonchev–Trinajstić information content (AvgIpc) is 2.48. The van der Waals surface area contributed by atoms with Crippen molar-refractivity contribution < 1.29 is 9.50 Å². The number of anilines is 1. The Morgan fingerprint density at radius 1 is 1.24 bits per heavy atom. The number of nitrogens with one attached hydrogen (secondary N) is 1. The van der Waals surface area contributed by atoms with E-state index in [0.717, 1.165) is 34.9 Å². The summed E-state index contributed by atoms with van der Waals surface area (Å²) in [4.78, 5) is 0. The second-order valence-electron chi connectivity index (χ2n) is 4.58. The Morgan fingerprint density at radius 2 is 2.00 bits per heavy atom. The normalized spacial score (nSPS) is 25.4. The fourth-order valence-electron chi connectivity index (χ4n) is 2.26. The molecule has 17 heavy (non-hydrogen) atoms. The second-order valence-corrected chi connectivity index (χ2v) is 5.74. The summed E-state index contributed by atoms with van der Waals surface area (Å²) in [6.07, 6.45) is 4.98. The molecule has 1 saturated carbocycles. The van der Waals surface area contributed by atoms with Crippen LogP contribution in [0.3, 0.4) is 0 Å². The molecule has 1 fully saturated rings. The van der Waals surface area contributed by atoms with E-state index in [1.165, 1.54) is 18.6 Å². The Balaban J connectivity index is 2.08. The molecule has 2 nitrogen and oxygen atoms in total. The highest BCUT2D eigenvalue weighted by Crippen LogP contribution is 2.25. The van der Waals surface area contributed by atoms with E-state index in [2.05, 4.69) is 27.9 Å². The molecule has 1 aromatic carbocycles. The Bertz CT molecular complexity index is 386. The smallest absolute Gasteiger partial charge is 0.124 e. The Labute approximate surface area is 115 Å². The van der Waals surface area contributed by atoms with Gasteiger partial charge in [0.1, 0.15) is 5.82 Å². The van der Waals surface area contributed by atoms with Gasteiger partial charge >= 0.3 is 0 Å². The van der Waals surface area contributed by atoms with E-state index < -0.39 is 0 Å². The first-order valence-electron chi connectivity index (χ1n) is 6.06. The monoisotopic (exact) mass is 349 g/mol. The van der Waals surface area contributed by atoms with Crippen LogP contribution in [0.5, 0.6) is 0 Å². The van der Waals surface area contributed by atoms with E-state index in [9.17, 15) is 9.50 Å². The van der Waals surface area contributed by atoms with Gasteiger partial charge in [0.05, 0.1) is 12.1 Å². The first-order chi connectivity index (χ1) is 8.16. The van der Waals surface area contributed by atoms with Gasteiger partial charge in [0.25, 0.3) is 0 Å². The van der Waals surface area contributed by atoms with Gasteiger partial charge in [-0.3, -0.25) is 0 Å². The molecule has 0 spiro atoms. The van der Waals surface area contributed by atoms with E-state index in [4.69, 9.17) is 0 Å². The molecule has 1 aliphatic carbocycles. The van der Waals surface area contributed by atoms with Crippen molar-refractivity contribution in [1.82, 2.24) is 0 Å². The SMILES string of the molecule is OC1CCCCCC1Nc1ccc(F)cc1I. The van der Waals surface area contributed by atoms with Crippen LogP contribution in [-0.2, 0) is 0 Å². The number of hydrogen-bond acceptors (Lipinski definition) is 2. The Kier molecular flexibility index (Phi) is 4.62. The van der Waals surface area contributed by atoms with Crippen molar-refractivity contribution in [1.29, 1.82) is 0 Å². The molecule has 0 bridgehead atoms. The highest BCUT2D eigenvalue weighted by molar-refractivity contribution is 14.1. The summed E-state index contributed by atoms with van der Waals surface area (Å²) in [7, 11) is 0. The molecule has 1 aromatic rings. The van der Waals surface area contributed by atoms with E-state index in [-0.39, 0.29) is 18.0 Å². The van der Waals surface area contributed by atoms with Crippen LogP contribution in [0.1, 0.15) is 32.1 Å². The molecule has 0 saturated heterocycles. The van der Waals surface area contributed by atoms with Crippen LogP contribution in [0.2, 0.25) is 0 Å². The van der Waals surface area contributed by atoms with Gasteiger partial charge < -0.3 is 10.4 Å². The predicted molar refractivity (Wildman–Crippen MR) is 75.6 cm³/mol. The zero-order chi connectivity index (χ0) is 12.3. The highest BCUT2D eigenvalue weighted by atomic mass is 127. The third kappa shape index (κ3) is 3.55. The average molecular weight is 349 g/mol. The summed E-state index contributed by atoms with van der Waals surface area (Å²) in [5.41, 5.74) is 0.915. The summed E-state index contributed by atoms with van der Waals surface area (Å²) in [6.45, 7) is 0. The van der Waals surface area contributed by atoms with Crippen molar-refractivity contribution in [3.05, 3.63) is 27.6 Å². The van der Waals surface area contributed by atoms with Crippen LogP contribution in [0, 0.1) is 9.39 Å². The summed E-state index contributed by atoms with van der Waals surface area (Å²) >= 11 is 2.11. The van der Waals surface area contributed by atoms with Crippen molar-refractivity contribution in [3.63, 3.8) is 0 Å². The molecule has 0 aliphatic heterocycles. The summed E-state index contributed by atoms with van der Waals surface area (Å²) in [5, 5.41) is 13.4. The van der Waals surface area contributed by atoms with Crippen LogP contribution < -0.4 is 5.32 Å². The van der Waals surface area contributed by atoms with E-state index in [0.29, 0.717) is 0 Å².